The Bertz CT molecular complexity index is 742. The highest BCUT2D eigenvalue weighted by Gasteiger charge is 2.11. The topological polar surface area (TPSA) is 59.9 Å². The van der Waals surface area contributed by atoms with Gasteiger partial charge in [-0.1, -0.05) is 30.7 Å². The average Bonchev–Trinajstić information content (AvgIpc) is 2.62. The summed E-state index contributed by atoms with van der Waals surface area (Å²) in [5, 5.41) is 4.87. The number of hydrazone groups is 1. The number of carbonyl (C=O) groups is 1. The Hall–Kier alpha value is -2.53. The first-order valence-electron chi connectivity index (χ1n) is 7.44. The number of hydrogen-bond acceptors (Lipinski definition) is 4. The molecule has 126 valence electrons. The Kier molecular flexibility index (Phi) is 6.21. The van der Waals surface area contributed by atoms with E-state index < -0.39 is 0 Å². The number of amides is 1. The molecule has 0 radical (unpaired) electrons. The Morgan fingerprint density at radius 2 is 1.67 bits per heavy atom. The van der Waals surface area contributed by atoms with Gasteiger partial charge >= 0.3 is 0 Å². The molecule has 24 heavy (non-hydrogen) atoms. The van der Waals surface area contributed by atoms with E-state index in [0.717, 1.165) is 11.3 Å². The van der Waals surface area contributed by atoms with Gasteiger partial charge in [0.15, 0.2) is 11.5 Å². The zero-order valence-electron chi connectivity index (χ0n) is 13.8. The first-order valence-corrected chi connectivity index (χ1v) is 7.81. The summed E-state index contributed by atoms with van der Waals surface area (Å²) < 4.78 is 10.4. The summed E-state index contributed by atoms with van der Waals surface area (Å²) in [6.07, 6.45) is 0.674. The van der Waals surface area contributed by atoms with Crippen LogP contribution in [-0.4, -0.2) is 25.8 Å². The molecule has 1 N–H and O–H groups in total. The molecule has 2 aromatic rings. The van der Waals surface area contributed by atoms with E-state index in [0.29, 0.717) is 28.5 Å². The molecule has 0 fully saturated rings. The van der Waals surface area contributed by atoms with Gasteiger partial charge in [0.2, 0.25) is 0 Å². The van der Waals surface area contributed by atoms with Crippen LogP contribution in [0.1, 0.15) is 29.3 Å². The number of rotatable bonds is 6. The van der Waals surface area contributed by atoms with Gasteiger partial charge in [-0.3, -0.25) is 4.79 Å². The lowest BCUT2D eigenvalue weighted by atomic mass is 10.1. The van der Waals surface area contributed by atoms with Gasteiger partial charge in [0.05, 0.1) is 19.9 Å². The summed E-state index contributed by atoms with van der Waals surface area (Å²) in [5.74, 6) is 0.728. The monoisotopic (exact) mass is 346 g/mol. The van der Waals surface area contributed by atoms with Crippen molar-refractivity contribution in [3.8, 4) is 11.5 Å². The molecular weight excluding hydrogens is 328 g/mol. The number of hydrogen-bond donors (Lipinski definition) is 1. The largest absolute Gasteiger partial charge is 0.493 e. The van der Waals surface area contributed by atoms with Crippen molar-refractivity contribution in [2.45, 2.75) is 13.3 Å². The summed E-state index contributed by atoms with van der Waals surface area (Å²) >= 11 is 5.89. The maximum Gasteiger partial charge on any atom is 0.271 e. The number of nitrogens with one attached hydrogen (secondary N) is 1. The Morgan fingerprint density at radius 1 is 1.04 bits per heavy atom. The van der Waals surface area contributed by atoms with E-state index in [9.17, 15) is 4.79 Å². The molecule has 0 aliphatic carbocycles. The zero-order chi connectivity index (χ0) is 17.5. The minimum absolute atomic E-state index is 0.323. The van der Waals surface area contributed by atoms with Crippen molar-refractivity contribution in [2.24, 2.45) is 5.10 Å². The fraction of sp³-hybridized carbons (Fsp3) is 0.222. The van der Waals surface area contributed by atoms with Crippen LogP contribution in [0.25, 0.3) is 0 Å². The van der Waals surface area contributed by atoms with Crippen LogP contribution in [0, 0.1) is 0 Å². The normalized spacial score (nSPS) is 11.1. The highest BCUT2D eigenvalue weighted by Crippen LogP contribution is 2.27. The predicted octanol–water partition coefficient (Wildman–Crippen LogP) is 3.90. The van der Waals surface area contributed by atoms with Crippen molar-refractivity contribution in [2.75, 3.05) is 14.2 Å². The molecule has 0 atom stereocenters. The quantitative estimate of drug-likeness (QED) is 0.637. The second-order valence-electron chi connectivity index (χ2n) is 4.93. The highest BCUT2D eigenvalue weighted by atomic mass is 35.5. The molecule has 0 unspecified atom stereocenters. The van der Waals surface area contributed by atoms with Gasteiger partial charge in [-0.2, -0.15) is 5.10 Å². The maximum absolute atomic E-state index is 12.3. The first kappa shape index (κ1) is 17.8. The number of nitrogens with zero attached hydrogens (tertiary/aromatic N) is 1. The molecule has 6 heteroatoms. The van der Waals surface area contributed by atoms with Crippen LogP contribution in [0.2, 0.25) is 5.02 Å². The number of halogens is 1. The van der Waals surface area contributed by atoms with E-state index in [-0.39, 0.29) is 5.91 Å². The zero-order valence-corrected chi connectivity index (χ0v) is 14.6. The van der Waals surface area contributed by atoms with Gasteiger partial charge in [-0.25, -0.2) is 5.43 Å². The van der Waals surface area contributed by atoms with E-state index in [1.807, 2.05) is 19.1 Å². The van der Waals surface area contributed by atoms with Crippen LogP contribution < -0.4 is 14.9 Å². The van der Waals surface area contributed by atoms with Crippen molar-refractivity contribution in [3.05, 3.63) is 58.6 Å². The standard InChI is InChI=1S/C18H19ClN2O3/c1-4-15(12-5-8-14(19)9-6-12)20-21-18(22)13-7-10-16(23-2)17(11-13)24-3/h5-11H,4H2,1-3H3,(H,21,22). The van der Waals surface area contributed by atoms with Crippen LogP contribution >= 0.6 is 11.6 Å². The Balaban J connectivity index is 2.17. The predicted molar refractivity (Wildman–Crippen MR) is 95.3 cm³/mol. The molecule has 0 saturated heterocycles. The van der Waals surface area contributed by atoms with E-state index in [2.05, 4.69) is 10.5 Å². The summed E-state index contributed by atoms with van der Waals surface area (Å²) in [6, 6.07) is 12.3. The van der Waals surface area contributed by atoms with E-state index in [4.69, 9.17) is 21.1 Å². The molecular formula is C18H19ClN2O3. The molecule has 0 aliphatic heterocycles. The van der Waals surface area contributed by atoms with Crippen LogP contribution in [0.5, 0.6) is 11.5 Å². The lowest BCUT2D eigenvalue weighted by Gasteiger charge is -2.09. The maximum atomic E-state index is 12.3. The molecule has 2 rings (SSSR count). The molecule has 2 aromatic carbocycles. The Labute approximate surface area is 146 Å². The molecule has 0 aliphatic rings. The minimum Gasteiger partial charge on any atom is -0.493 e. The molecule has 0 bridgehead atoms. The molecule has 5 nitrogen and oxygen atoms in total. The Morgan fingerprint density at radius 3 is 2.25 bits per heavy atom. The number of ether oxygens (including phenoxy) is 2. The number of benzene rings is 2. The SMILES string of the molecule is CCC(=NNC(=O)c1ccc(OC)c(OC)c1)c1ccc(Cl)cc1. The van der Waals surface area contributed by atoms with Crippen LogP contribution in [0.3, 0.4) is 0 Å². The summed E-state index contributed by atoms with van der Waals surface area (Å²) in [7, 11) is 3.06. The van der Waals surface area contributed by atoms with Gasteiger partial charge in [-0.05, 0) is 42.3 Å². The van der Waals surface area contributed by atoms with Crippen LogP contribution in [-0.2, 0) is 0 Å². The van der Waals surface area contributed by atoms with E-state index in [1.165, 1.54) is 7.11 Å². The molecule has 0 saturated carbocycles. The molecule has 0 aromatic heterocycles. The number of carbonyl (C=O) groups excluding carboxylic acids is 1. The van der Waals surface area contributed by atoms with Crippen LogP contribution in [0.4, 0.5) is 0 Å². The minimum atomic E-state index is -0.323. The second-order valence-corrected chi connectivity index (χ2v) is 5.37. The number of methoxy groups -OCH3 is 2. The third-order valence-corrected chi connectivity index (χ3v) is 3.70. The van der Waals surface area contributed by atoms with Gasteiger partial charge < -0.3 is 9.47 Å². The summed E-state index contributed by atoms with van der Waals surface area (Å²) in [6.45, 7) is 1.97. The third kappa shape index (κ3) is 4.26. The van der Waals surface area contributed by atoms with Crippen molar-refractivity contribution in [1.29, 1.82) is 0 Å². The van der Waals surface area contributed by atoms with Gasteiger partial charge in [0, 0.05) is 10.6 Å². The van der Waals surface area contributed by atoms with Crippen molar-refractivity contribution in [1.82, 2.24) is 5.43 Å². The highest BCUT2D eigenvalue weighted by molar-refractivity contribution is 6.30. The van der Waals surface area contributed by atoms with Gasteiger partial charge in [0.25, 0.3) is 5.91 Å². The fourth-order valence-electron chi connectivity index (χ4n) is 2.15. The van der Waals surface area contributed by atoms with E-state index in [1.54, 1.807) is 37.4 Å². The molecule has 0 heterocycles. The fourth-order valence-corrected chi connectivity index (χ4v) is 2.28. The summed E-state index contributed by atoms with van der Waals surface area (Å²) in [4.78, 5) is 12.3. The smallest absolute Gasteiger partial charge is 0.271 e. The van der Waals surface area contributed by atoms with Crippen molar-refractivity contribution < 1.29 is 14.3 Å². The second kappa shape index (κ2) is 8.36. The van der Waals surface area contributed by atoms with Crippen LogP contribution in [0.15, 0.2) is 47.6 Å². The van der Waals surface area contributed by atoms with Gasteiger partial charge in [-0.15, -0.1) is 0 Å². The first-order chi connectivity index (χ1) is 11.6. The lowest BCUT2D eigenvalue weighted by Crippen LogP contribution is -2.20. The van der Waals surface area contributed by atoms with Crippen molar-refractivity contribution in [3.63, 3.8) is 0 Å². The average molecular weight is 347 g/mol. The third-order valence-electron chi connectivity index (χ3n) is 3.45. The molecule has 0 spiro atoms. The van der Waals surface area contributed by atoms with Gasteiger partial charge in [0.1, 0.15) is 0 Å². The van der Waals surface area contributed by atoms with E-state index >= 15 is 0 Å². The van der Waals surface area contributed by atoms with Crippen molar-refractivity contribution >= 4 is 23.2 Å². The molecule has 1 amide bonds. The summed E-state index contributed by atoms with van der Waals surface area (Å²) in [5.41, 5.74) is 4.68. The lowest BCUT2D eigenvalue weighted by molar-refractivity contribution is 0.0954.